The van der Waals surface area contributed by atoms with E-state index < -0.39 is 0 Å². The lowest BCUT2D eigenvalue weighted by Crippen LogP contribution is -2.33. The van der Waals surface area contributed by atoms with Crippen molar-refractivity contribution in [3.8, 4) is 0 Å². The molecule has 1 aromatic heterocycles. The van der Waals surface area contributed by atoms with E-state index in [2.05, 4.69) is 33.9 Å². The molecule has 1 heterocycles. The van der Waals surface area contributed by atoms with Crippen molar-refractivity contribution in [1.29, 1.82) is 0 Å². The van der Waals surface area contributed by atoms with Crippen LogP contribution in [0.5, 0.6) is 0 Å². The highest BCUT2D eigenvalue weighted by Crippen LogP contribution is 2.46. The number of nitrogens with one attached hydrogen (secondary N) is 1. The molecule has 0 spiro atoms. The van der Waals surface area contributed by atoms with Crippen molar-refractivity contribution in [3.63, 3.8) is 0 Å². The van der Waals surface area contributed by atoms with Gasteiger partial charge in [0.2, 0.25) is 5.91 Å². The van der Waals surface area contributed by atoms with Crippen LogP contribution in [0.15, 0.2) is 5.16 Å². The minimum absolute atomic E-state index is 0.0898. The maximum atomic E-state index is 12.1. The first kappa shape index (κ1) is 14.9. The summed E-state index contributed by atoms with van der Waals surface area (Å²) in [4.78, 5) is 12.1. The Kier molecular flexibility index (Phi) is 4.24. The van der Waals surface area contributed by atoms with Crippen LogP contribution < -0.4 is 5.32 Å². The number of thioether (sulfide) groups is 1. The van der Waals surface area contributed by atoms with E-state index in [9.17, 15) is 4.79 Å². The first-order valence-electron chi connectivity index (χ1n) is 7.95. The number of amides is 1. The van der Waals surface area contributed by atoms with E-state index in [-0.39, 0.29) is 11.2 Å². The zero-order chi connectivity index (χ0) is 15.0. The van der Waals surface area contributed by atoms with Crippen LogP contribution in [0.3, 0.4) is 0 Å². The largest absolute Gasteiger partial charge is 0.355 e. The molecule has 2 saturated carbocycles. The standard InChI is InChI=1S/C15H24N4OS/c1-9(2)8-16-14(20)10(3)21-15-18-17-13(11-4-5-11)19(15)12-6-7-12/h9-12H,4-8H2,1-3H3,(H,16,20)/t10-/m0/s1. The van der Waals surface area contributed by atoms with E-state index in [0.29, 0.717) is 17.9 Å². The molecule has 1 aromatic rings. The van der Waals surface area contributed by atoms with Crippen LogP contribution in [0.4, 0.5) is 0 Å². The minimum Gasteiger partial charge on any atom is -0.355 e. The SMILES string of the molecule is CC(C)CNC(=O)[C@H](C)Sc1nnc(C2CC2)n1C1CC1. The Morgan fingerprint density at radius 1 is 1.29 bits per heavy atom. The molecule has 0 saturated heterocycles. The summed E-state index contributed by atoms with van der Waals surface area (Å²) in [5, 5.41) is 12.5. The summed E-state index contributed by atoms with van der Waals surface area (Å²) in [5.74, 6) is 2.32. The monoisotopic (exact) mass is 308 g/mol. The molecule has 3 rings (SSSR count). The molecule has 1 N–H and O–H groups in total. The molecule has 0 unspecified atom stereocenters. The molecule has 5 nitrogen and oxygen atoms in total. The van der Waals surface area contributed by atoms with Crippen LogP contribution in [-0.2, 0) is 4.79 Å². The van der Waals surface area contributed by atoms with E-state index in [1.165, 1.54) is 25.7 Å². The van der Waals surface area contributed by atoms with E-state index in [4.69, 9.17) is 0 Å². The molecule has 2 aliphatic rings. The highest BCUT2D eigenvalue weighted by molar-refractivity contribution is 8.00. The molecule has 2 fully saturated rings. The van der Waals surface area contributed by atoms with E-state index in [0.717, 1.165) is 17.5 Å². The molecule has 6 heteroatoms. The zero-order valence-electron chi connectivity index (χ0n) is 13.0. The third-order valence-electron chi connectivity index (χ3n) is 3.88. The Morgan fingerprint density at radius 3 is 2.57 bits per heavy atom. The van der Waals surface area contributed by atoms with Crippen LogP contribution in [0.2, 0.25) is 0 Å². The summed E-state index contributed by atoms with van der Waals surface area (Å²) in [6, 6.07) is 0.573. The van der Waals surface area contributed by atoms with Crippen LogP contribution in [0.25, 0.3) is 0 Å². The summed E-state index contributed by atoms with van der Waals surface area (Å²) >= 11 is 1.54. The molecule has 0 bridgehead atoms. The van der Waals surface area contributed by atoms with E-state index in [1.54, 1.807) is 11.8 Å². The summed E-state index contributed by atoms with van der Waals surface area (Å²) in [6.07, 6.45) is 4.92. The van der Waals surface area contributed by atoms with Crippen molar-refractivity contribution in [1.82, 2.24) is 20.1 Å². The van der Waals surface area contributed by atoms with Gasteiger partial charge in [-0.3, -0.25) is 4.79 Å². The Morgan fingerprint density at radius 2 is 2.00 bits per heavy atom. The van der Waals surface area contributed by atoms with Gasteiger partial charge in [0.15, 0.2) is 5.16 Å². The fourth-order valence-corrected chi connectivity index (χ4v) is 3.28. The maximum Gasteiger partial charge on any atom is 0.233 e. The van der Waals surface area contributed by atoms with Gasteiger partial charge in [-0.25, -0.2) is 0 Å². The molecule has 1 atom stereocenters. The van der Waals surface area contributed by atoms with Gasteiger partial charge in [0.25, 0.3) is 0 Å². The molecule has 0 aliphatic heterocycles. The fourth-order valence-electron chi connectivity index (χ4n) is 2.32. The fraction of sp³-hybridized carbons (Fsp3) is 0.800. The molecule has 116 valence electrons. The molecule has 2 aliphatic carbocycles. The minimum atomic E-state index is -0.127. The lowest BCUT2D eigenvalue weighted by atomic mass is 10.2. The number of carbonyl (C=O) groups excluding carboxylic acids is 1. The lowest BCUT2D eigenvalue weighted by molar-refractivity contribution is -0.120. The second kappa shape index (κ2) is 5.99. The summed E-state index contributed by atoms with van der Waals surface area (Å²) in [5.41, 5.74) is 0. The molecule has 0 radical (unpaired) electrons. The second-order valence-electron chi connectivity index (χ2n) is 6.62. The highest BCUT2D eigenvalue weighted by atomic mass is 32.2. The van der Waals surface area contributed by atoms with Crippen molar-refractivity contribution in [2.75, 3.05) is 6.54 Å². The average Bonchev–Trinajstić information content (AvgIpc) is 3.35. The third-order valence-corrected chi connectivity index (χ3v) is 4.94. The van der Waals surface area contributed by atoms with Crippen LogP contribution in [0, 0.1) is 5.92 Å². The van der Waals surface area contributed by atoms with Crippen LogP contribution >= 0.6 is 11.8 Å². The van der Waals surface area contributed by atoms with Gasteiger partial charge >= 0.3 is 0 Å². The third kappa shape index (κ3) is 3.59. The molecular formula is C15H24N4OS. The lowest BCUT2D eigenvalue weighted by Gasteiger charge is -2.14. The van der Waals surface area contributed by atoms with Crippen molar-refractivity contribution < 1.29 is 4.79 Å². The number of nitrogens with zero attached hydrogens (tertiary/aromatic N) is 3. The van der Waals surface area contributed by atoms with Gasteiger partial charge in [-0.15, -0.1) is 10.2 Å². The maximum absolute atomic E-state index is 12.1. The van der Waals surface area contributed by atoms with E-state index in [1.807, 2.05) is 6.92 Å². The Balaban J connectivity index is 1.65. The zero-order valence-corrected chi connectivity index (χ0v) is 13.8. The van der Waals surface area contributed by atoms with Gasteiger partial charge in [0.05, 0.1) is 5.25 Å². The first-order valence-corrected chi connectivity index (χ1v) is 8.83. The topological polar surface area (TPSA) is 59.8 Å². The van der Waals surface area contributed by atoms with E-state index >= 15 is 0 Å². The van der Waals surface area contributed by atoms with Gasteiger partial charge in [-0.05, 0) is 38.5 Å². The normalized spacial score (nSPS) is 19.8. The number of rotatable bonds is 7. The summed E-state index contributed by atoms with van der Waals surface area (Å²) in [6.45, 7) is 6.88. The van der Waals surface area contributed by atoms with Gasteiger partial charge < -0.3 is 9.88 Å². The van der Waals surface area contributed by atoms with Gasteiger partial charge in [-0.1, -0.05) is 25.6 Å². The molecular weight excluding hydrogens is 284 g/mol. The smallest absolute Gasteiger partial charge is 0.233 e. The van der Waals surface area contributed by atoms with Crippen LogP contribution in [-0.4, -0.2) is 32.5 Å². The van der Waals surface area contributed by atoms with Crippen molar-refractivity contribution in [2.24, 2.45) is 5.92 Å². The first-order chi connectivity index (χ1) is 10.1. The average molecular weight is 308 g/mol. The molecule has 1 amide bonds. The highest BCUT2D eigenvalue weighted by Gasteiger charge is 2.37. The number of hydrogen-bond acceptors (Lipinski definition) is 4. The van der Waals surface area contributed by atoms with Gasteiger partial charge in [-0.2, -0.15) is 0 Å². The van der Waals surface area contributed by atoms with Gasteiger partial charge in [0, 0.05) is 18.5 Å². The predicted molar refractivity (Wildman–Crippen MR) is 83.4 cm³/mol. The van der Waals surface area contributed by atoms with Crippen molar-refractivity contribution in [2.45, 2.75) is 68.8 Å². The Hall–Kier alpha value is -1.04. The van der Waals surface area contributed by atoms with Crippen molar-refractivity contribution in [3.05, 3.63) is 5.82 Å². The van der Waals surface area contributed by atoms with Gasteiger partial charge in [0.1, 0.15) is 5.82 Å². The number of carbonyl (C=O) groups is 1. The molecule has 0 aromatic carbocycles. The Bertz CT molecular complexity index is 520. The summed E-state index contributed by atoms with van der Waals surface area (Å²) in [7, 11) is 0. The van der Waals surface area contributed by atoms with Crippen molar-refractivity contribution >= 4 is 17.7 Å². The number of hydrogen-bond donors (Lipinski definition) is 1. The van der Waals surface area contributed by atoms with Crippen LogP contribution in [0.1, 0.15) is 64.2 Å². The second-order valence-corrected chi connectivity index (χ2v) is 7.92. The quantitative estimate of drug-likeness (QED) is 0.787. The number of aromatic nitrogens is 3. The Labute approximate surface area is 130 Å². The summed E-state index contributed by atoms with van der Waals surface area (Å²) < 4.78 is 2.30. The predicted octanol–water partition coefficient (Wildman–Crippen LogP) is 2.74. The molecule has 21 heavy (non-hydrogen) atoms.